The van der Waals surface area contributed by atoms with Crippen molar-refractivity contribution in [1.29, 1.82) is 0 Å². The number of hydrogen-bond acceptors (Lipinski definition) is 3. The molecule has 0 amide bonds. The molecule has 0 spiro atoms. The second-order valence-electron chi connectivity index (χ2n) is 4.22. The first-order valence-corrected chi connectivity index (χ1v) is 6.01. The van der Waals surface area contributed by atoms with Crippen molar-refractivity contribution in [2.45, 2.75) is 25.8 Å². The molecule has 0 radical (unpaired) electrons. The molecule has 0 aliphatic carbocycles. The molecule has 0 unspecified atom stereocenters. The van der Waals surface area contributed by atoms with Gasteiger partial charge in [0.25, 0.3) is 0 Å². The Kier molecular flexibility index (Phi) is 3.67. The van der Waals surface area contributed by atoms with Gasteiger partial charge in [-0.25, -0.2) is 0 Å². The number of nitrogens with zero attached hydrogens (tertiary/aromatic N) is 1. The predicted octanol–water partition coefficient (Wildman–Crippen LogP) is 2.27. The van der Waals surface area contributed by atoms with Gasteiger partial charge in [-0.05, 0) is 38.0 Å². The van der Waals surface area contributed by atoms with Crippen LogP contribution in [0.2, 0.25) is 0 Å². The van der Waals surface area contributed by atoms with Gasteiger partial charge in [0, 0.05) is 37.2 Å². The molecule has 1 aromatic rings. The summed E-state index contributed by atoms with van der Waals surface area (Å²) in [6.45, 7) is 4.97. The molecule has 1 aromatic carbocycles. The van der Waals surface area contributed by atoms with Gasteiger partial charge in [0.05, 0.1) is 0 Å². The van der Waals surface area contributed by atoms with Crippen LogP contribution in [0.5, 0.6) is 0 Å². The van der Waals surface area contributed by atoms with E-state index in [-0.39, 0.29) is 0 Å². The topological polar surface area (TPSA) is 38.5 Å². The average Bonchev–Trinajstić information content (AvgIpc) is 2.31. The number of nitrogen functional groups attached to an aromatic ring is 1. The fraction of sp³-hybridized carbons (Fsp3) is 0.538. The van der Waals surface area contributed by atoms with Crippen LogP contribution < -0.4 is 10.6 Å². The number of anilines is 2. The van der Waals surface area contributed by atoms with Crippen molar-refractivity contribution in [3.05, 3.63) is 24.3 Å². The van der Waals surface area contributed by atoms with Crippen LogP contribution in [0.4, 0.5) is 11.4 Å². The fourth-order valence-corrected chi connectivity index (χ4v) is 2.35. The zero-order valence-corrected chi connectivity index (χ0v) is 9.86. The summed E-state index contributed by atoms with van der Waals surface area (Å²) in [6, 6.07) is 8.74. The van der Waals surface area contributed by atoms with Gasteiger partial charge in [0.15, 0.2) is 0 Å². The van der Waals surface area contributed by atoms with Crippen molar-refractivity contribution < 1.29 is 4.74 Å². The fourth-order valence-electron chi connectivity index (χ4n) is 2.35. The Morgan fingerprint density at radius 3 is 2.75 bits per heavy atom. The highest BCUT2D eigenvalue weighted by Gasteiger charge is 2.20. The minimum atomic E-state index is 0.598. The van der Waals surface area contributed by atoms with Gasteiger partial charge in [-0.3, -0.25) is 0 Å². The number of rotatable bonds is 3. The first kappa shape index (κ1) is 11.3. The molecule has 2 N–H and O–H groups in total. The summed E-state index contributed by atoms with van der Waals surface area (Å²) in [5.41, 5.74) is 7.90. The number of nitrogens with two attached hydrogens (primary N) is 1. The first-order valence-electron chi connectivity index (χ1n) is 6.01. The molecule has 1 heterocycles. The molecule has 1 aliphatic rings. The molecule has 0 atom stereocenters. The Morgan fingerprint density at radius 1 is 1.38 bits per heavy atom. The molecule has 1 saturated heterocycles. The molecule has 3 heteroatoms. The summed E-state index contributed by atoms with van der Waals surface area (Å²) in [5.74, 6) is 0. The maximum absolute atomic E-state index is 5.83. The van der Waals surface area contributed by atoms with Gasteiger partial charge < -0.3 is 15.4 Å². The molecule has 0 bridgehead atoms. The summed E-state index contributed by atoms with van der Waals surface area (Å²) in [5, 5.41) is 0. The van der Waals surface area contributed by atoms with Crippen molar-refractivity contribution in [3.63, 3.8) is 0 Å². The second-order valence-corrected chi connectivity index (χ2v) is 4.22. The lowest BCUT2D eigenvalue weighted by atomic mass is 10.1. The summed E-state index contributed by atoms with van der Waals surface area (Å²) in [7, 11) is 0. The first-order chi connectivity index (χ1) is 7.81. The van der Waals surface area contributed by atoms with Crippen LogP contribution in [0.25, 0.3) is 0 Å². The Balaban J connectivity index is 2.14. The van der Waals surface area contributed by atoms with Crippen LogP contribution >= 0.6 is 0 Å². The van der Waals surface area contributed by atoms with E-state index in [1.54, 1.807) is 0 Å². The van der Waals surface area contributed by atoms with E-state index in [0.29, 0.717) is 6.04 Å². The summed E-state index contributed by atoms with van der Waals surface area (Å²) in [4.78, 5) is 2.43. The summed E-state index contributed by atoms with van der Waals surface area (Å²) < 4.78 is 5.40. The molecule has 88 valence electrons. The van der Waals surface area contributed by atoms with Crippen molar-refractivity contribution in [1.82, 2.24) is 0 Å². The van der Waals surface area contributed by atoms with Crippen LogP contribution in [0.15, 0.2) is 24.3 Å². The minimum Gasteiger partial charge on any atom is -0.399 e. The van der Waals surface area contributed by atoms with E-state index in [1.165, 1.54) is 5.69 Å². The lowest BCUT2D eigenvalue weighted by molar-refractivity contribution is 0.0846. The quantitative estimate of drug-likeness (QED) is 0.794. The normalized spacial score (nSPS) is 17.3. The van der Waals surface area contributed by atoms with Gasteiger partial charge in [0.2, 0.25) is 0 Å². The van der Waals surface area contributed by atoms with Gasteiger partial charge >= 0.3 is 0 Å². The summed E-state index contributed by atoms with van der Waals surface area (Å²) >= 11 is 0. The lowest BCUT2D eigenvalue weighted by Gasteiger charge is -2.35. The molecule has 3 nitrogen and oxygen atoms in total. The van der Waals surface area contributed by atoms with Gasteiger partial charge in [-0.2, -0.15) is 0 Å². The van der Waals surface area contributed by atoms with E-state index in [4.69, 9.17) is 10.5 Å². The largest absolute Gasteiger partial charge is 0.399 e. The Bertz CT molecular complexity index is 334. The molecule has 1 aliphatic heterocycles. The third-order valence-corrected chi connectivity index (χ3v) is 3.17. The smallest absolute Gasteiger partial charge is 0.0485 e. The minimum absolute atomic E-state index is 0.598. The van der Waals surface area contributed by atoms with Crippen molar-refractivity contribution in [2.24, 2.45) is 0 Å². The molecule has 0 saturated carbocycles. The third-order valence-electron chi connectivity index (χ3n) is 3.17. The maximum atomic E-state index is 5.83. The standard InChI is InChI=1S/C13H20N2O/c1-2-15(12-6-8-16-9-7-12)13-5-3-4-11(14)10-13/h3-5,10,12H,2,6-9,14H2,1H3. The van der Waals surface area contributed by atoms with Crippen LogP contribution in [0.3, 0.4) is 0 Å². The molecule has 1 fully saturated rings. The highest BCUT2D eigenvalue weighted by molar-refractivity contribution is 5.56. The monoisotopic (exact) mass is 220 g/mol. The van der Waals surface area contributed by atoms with E-state index in [2.05, 4.69) is 24.0 Å². The van der Waals surface area contributed by atoms with E-state index >= 15 is 0 Å². The van der Waals surface area contributed by atoms with Crippen molar-refractivity contribution >= 4 is 11.4 Å². The summed E-state index contributed by atoms with van der Waals surface area (Å²) in [6.07, 6.45) is 2.23. The van der Waals surface area contributed by atoms with Crippen LogP contribution in [0.1, 0.15) is 19.8 Å². The lowest BCUT2D eigenvalue weighted by Crippen LogP contribution is -2.39. The maximum Gasteiger partial charge on any atom is 0.0485 e. The Hall–Kier alpha value is -1.22. The van der Waals surface area contributed by atoms with E-state index < -0.39 is 0 Å². The zero-order valence-electron chi connectivity index (χ0n) is 9.86. The van der Waals surface area contributed by atoms with E-state index in [9.17, 15) is 0 Å². The molecule has 0 aromatic heterocycles. The Labute approximate surface area is 97.2 Å². The number of ether oxygens (including phenoxy) is 1. The van der Waals surface area contributed by atoms with Crippen LogP contribution in [-0.4, -0.2) is 25.8 Å². The van der Waals surface area contributed by atoms with Crippen molar-refractivity contribution in [2.75, 3.05) is 30.4 Å². The van der Waals surface area contributed by atoms with E-state index in [1.807, 2.05) is 12.1 Å². The molecular formula is C13H20N2O. The predicted molar refractivity (Wildman–Crippen MR) is 67.7 cm³/mol. The molecular weight excluding hydrogens is 200 g/mol. The highest BCUT2D eigenvalue weighted by Crippen LogP contribution is 2.24. The molecule has 16 heavy (non-hydrogen) atoms. The SMILES string of the molecule is CCN(c1cccc(N)c1)C1CCOCC1. The van der Waals surface area contributed by atoms with Gasteiger partial charge in [0.1, 0.15) is 0 Å². The van der Waals surface area contributed by atoms with E-state index in [0.717, 1.165) is 38.3 Å². The van der Waals surface area contributed by atoms with Gasteiger partial charge in [-0.15, -0.1) is 0 Å². The average molecular weight is 220 g/mol. The number of hydrogen-bond donors (Lipinski definition) is 1. The number of benzene rings is 1. The zero-order chi connectivity index (χ0) is 11.4. The molecule has 2 rings (SSSR count). The second kappa shape index (κ2) is 5.21. The highest BCUT2D eigenvalue weighted by atomic mass is 16.5. The van der Waals surface area contributed by atoms with Crippen LogP contribution in [-0.2, 0) is 4.74 Å². The Morgan fingerprint density at radius 2 is 2.12 bits per heavy atom. The van der Waals surface area contributed by atoms with Crippen molar-refractivity contribution in [3.8, 4) is 0 Å². The van der Waals surface area contributed by atoms with Gasteiger partial charge in [-0.1, -0.05) is 6.07 Å². The third kappa shape index (κ3) is 2.47. The van der Waals surface area contributed by atoms with Crippen LogP contribution in [0, 0.1) is 0 Å².